The third kappa shape index (κ3) is 3.10. The number of fused-ring (bicyclic) bond motifs is 2. The zero-order valence-electron chi connectivity index (χ0n) is 14.7. The fourth-order valence-electron chi connectivity index (χ4n) is 3.85. The Morgan fingerprint density at radius 1 is 1.23 bits per heavy atom. The molecule has 26 heavy (non-hydrogen) atoms. The zero-order chi connectivity index (χ0) is 18.0. The molecule has 1 saturated heterocycles. The van der Waals surface area contributed by atoms with E-state index in [1.54, 1.807) is 18.5 Å². The van der Waals surface area contributed by atoms with E-state index in [-0.39, 0.29) is 11.3 Å². The Bertz CT molecular complexity index is 824. The molecular weight excluding hydrogens is 326 g/mol. The van der Waals surface area contributed by atoms with Crippen LogP contribution in [0.2, 0.25) is 0 Å². The Hall–Kier alpha value is -2.66. The Morgan fingerprint density at radius 2 is 2.00 bits per heavy atom. The quantitative estimate of drug-likeness (QED) is 0.865. The highest BCUT2D eigenvalue weighted by atomic mass is 16.5. The fraction of sp³-hybridized carbons (Fsp3) is 0.333. The maximum Gasteiger partial charge on any atom is 0.246 e. The Balaban J connectivity index is 1.44. The van der Waals surface area contributed by atoms with Crippen LogP contribution in [-0.4, -0.2) is 35.5 Å². The smallest absolute Gasteiger partial charge is 0.246 e. The van der Waals surface area contributed by atoms with Gasteiger partial charge in [0.15, 0.2) is 0 Å². The molecular formula is C21H23N3O2. The van der Waals surface area contributed by atoms with Crippen LogP contribution in [0.15, 0.2) is 48.8 Å². The van der Waals surface area contributed by atoms with Gasteiger partial charge in [-0.3, -0.25) is 9.78 Å². The summed E-state index contributed by atoms with van der Waals surface area (Å²) >= 11 is 0. The number of pyridine rings is 1. The van der Waals surface area contributed by atoms with Gasteiger partial charge in [-0.15, -0.1) is 0 Å². The number of hydrogen-bond donors (Lipinski definition) is 1. The van der Waals surface area contributed by atoms with Gasteiger partial charge in [-0.05, 0) is 48.2 Å². The largest absolute Gasteiger partial charge is 0.492 e. The van der Waals surface area contributed by atoms with Crippen LogP contribution in [-0.2, 0) is 16.8 Å². The van der Waals surface area contributed by atoms with E-state index in [0.717, 1.165) is 42.8 Å². The minimum atomic E-state index is 0.0199. The molecule has 0 saturated carbocycles. The van der Waals surface area contributed by atoms with Gasteiger partial charge in [0.25, 0.3) is 0 Å². The molecule has 2 aromatic rings. The number of piperidine rings is 1. The third-order valence-corrected chi connectivity index (χ3v) is 5.51. The first-order valence-corrected chi connectivity index (χ1v) is 9.03. The molecule has 2 aliphatic rings. The maximum absolute atomic E-state index is 12.5. The number of ether oxygens (including phenoxy) is 1. The summed E-state index contributed by atoms with van der Waals surface area (Å²) in [5.74, 6) is 1.03. The highest BCUT2D eigenvalue weighted by Crippen LogP contribution is 2.45. The number of likely N-dealkylation sites (tertiary alicyclic amines) is 1. The van der Waals surface area contributed by atoms with E-state index in [1.807, 2.05) is 35.2 Å². The first-order valence-electron chi connectivity index (χ1n) is 9.03. The average Bonchev–Trinajstić information content (AvgIpc) is 3.05. The summed E-state index contributed by atoms with van der Waals surface area (Å²) in [6.45, 7) is 2.73. The van der Waals surface area contributed by atoms with Gasteiger partial charge < -0.3 is 15.4 Å². The van der Waals surface area contributed by atoms with Crippen LogP contribution in [0.3, 0.4) is 0 Å². The number of amides is 1. The SMILES string of the molecule is NCc1ccc2c(c1)C1(CCN(C(=O)C=Cc3ccncc3)CC1)CO2. The Labute approximate surface area is 153 Å². The molecule has 4 rings (SSSR count). The van der Waals surface area contributed by atoms with E-state index in [1.165, 1.54) is 5.56 Å². The summed E-state index contributed by atoms with van der Waals surface area (Å²) in [5.41, 5.74) is 9.20. The van der Waals surface area contributed by atoms with Gasteiger partial charge in [0, 0.05) is 49.1 Å². The fourth-order valence-corrected chi connectivity index (χ4v) is 3.85. The molecule has 5 heteroatoms. The lowest BCUT2D eigenvalue weighted by Crippen LogP contribution is -2.45. The van der Waals surface area contributed by atoms with E-state index in [9.17, 15) is 4.79 Å². The molecule has 2 N–H and O–H groups in total. The van der Waals surface area contributed by atoms with E-state index < -0.39 is 0 Å². The van der Waals surface area contributed by atoms with Crippen LogP contribution in [0.5, 0.6) is 5.75 Å². The molecule has 0 atom stereocenters. The van der Waals surface area contributed by atoms with Crippen molar-refractivity contribution in [2.45, 2.75) is 24.8 Å². The molecule has 1 spiro atoms. The summed E-state index contributed by atoms with van der Waals surface area (Å²) in [6, 6.07) is 10.0. The summed E-state index contributed by atoms with van der Waals surface area (Å²) < 4.78 is 5.93. The van der Waals surface area contributed by atoms with Gasteiger partial charge in [0.1, 0.15) is 5.75 Å². The van der Waals surface area contributed by atoms with E-state index in [2.05, 4.69) is 11.1 Å². The number of benzene rings is 1. The highest BCUT2D eigenvalue weighted by Gasteiger charge is 2.43. The van der Waals surface area contributed by atoms with Gasteiger partial charge in [-0.2, -0.15) is 0 Å². The van der Waals surface area contributed by atoms with Gasteiger partial charge in [-0.1, -0.05) is 12.1 Å². The van der Waals surface area contributed by atoms with E-state index in [4.69, 9.17) is 10.5 Å². The van der Waals surface area contributed by atoms with Crippen LogP contribution in [0, 0.1) is 0 Å². The molecule has 5 nitrogen and oxygen atoms in total. The predicted molar refractivity (Wildman–Crippen MR) is 101 cm³/mol. The lowest BCUT2D eigenvalue weighted by molar-refractivity contribution is -0.127. The van der Waals surface area contributed by atoms with Crippen molar-refractivity contribution < 1.29 is 9.53 Å². The predicted octanol–water partition coefficient (Wildman–Crippen LogP) is 2.51. The number of carbonyl (C=O) groups is 1. The monoisotopic (exact) mass is 349 g/mol. The first-order chi connectivity index (χ1) is 12.7. The molecule has 0 unspecified atom stereocenters. The van der Waals surface area contributed by atoms with E-state index in [0.29, 0.717) is 13.2 Å². The molecule has 1 aromatic carbocycles. The second-order valence-electron chi connectivity index (χ2n) is 7.04. The van der Waals surface area contributed by atoms with Crippen molar-refractivity contribution in [3.05, 3.63) is 65.5 Å². The summed E-state index contributed by atoms with van der Waals surface area (Å²) in [7, 11) is 0. The van der Waals surface area contributed by atoms with Crippen molar-refractivity contribution in [3.8, 4) is 5.75 Å². The van der Waals surface area contributed by atoms with Gasteiger partial charge in [-0.25, -0.2) is 0 Å². The highest BCUT2D eigenvalue weighted by molar-refractivity contribution is 5.91. The van der Waals surface area contributed by atoms with Crippen LogP contribution < -0.4 is 10.5 Å². The van der Waals surface area contributed by atoms with Gasteiger partial charge in [0.05, 0.1) is 6.61 Å². The number of hydrogen-bond acceptors (Lipinski definition) is 4. The number of nitrogens with two attached hydrogens (primary N) is 1. The van der Waals surface area contributed by atoms with Crippen molar-refractivity contribution in [2.75, 3.05) is 19.7 Å². The lowest BCUT2D eigenvalue weighted by atomic mass is 9.74. The molecule has 1 aromatic heterocycles. The minimum absolute atomic E-state index is 0.0199. The Morgan fingerprint density at radius 3 is 2.73 bits per heavy atom. The van der Waals surface area contributed by atoms with E-state index >= 15 is 0 Å². The zero-order valence-corrected chi connectivity index (χ0v) is 14.7. The summed E-state index contributed by atoms with van der Waals surface area (Å²) in [4.78, 5) is 18.4. The first kappa shape index (κ1) is 16.8. The van der Waals surface area contributed by atoms with Crippen LogP contribution in [0.4, 0.5) is 0 Å². The molecule has 0 aliphatic carbocycles. The third-order valence-electron chi connectivity index (χ3n) is 5.51. The molecule has 1 fully saturated rings. The standard InChI is InChI=1S/C21H23N3O2/c22-14-17-1-3-19-18(13-17)21(15-26-19)7-11-24(12-8-21)20(25)4-2-16-5-9-23-10-6-16/h1-6,9-10,13H,7-8,11-12,14-15,22H2. The molecule has 1 amide bonds. The molecule has 134 valence electrons. The molecule has 2 aliphatic heterocycles. The van der Waals surface area contributed by atoms with Crippen molar-refractivity contribution in [3.63, 3.8) is 0 Å². The van der Waals surface area contributed by atoms with Crippen molar-refractivity contribution >= 4 is 12.0 Å². The van der Waals surface area contributed by atoms with Gasteiger partial charge in [0.2, 0.25) is 5.91 Å². The molecule has 0 radical (unpaired) electrons. The lowest BCUT2D eigenvalue weighted by Gasteiger charge is -2.38. The Kier molecular flexibility index (Phi) is 4.47. The number of rotatable bonds is 3. The van der Waals surface area contributed by atoms with Crippen LogP contribution in [0.1, 0.15) is 29.5 Å². The number of nitrogens with zero attached hydrogens (tertiary/aromatic N) is 2. The second kappa shape index (κ2) is 6.92. The molecule has 3 heterocycles. The van der Waals surface area contributed by atoms with Crippen molar-refractivity contribution in [2.24, 2.45) is 5.73 Å². The summed E-state index contributed by atoms with van der Waals surface area (Å²) in [6.07, 6.45) is 8.78. The topological polar surface area (TPSA) is 68.5 Å². The number of carbonyl (C=O) groups excluding carboxylic acids is 1. The average molecular weight is 349 g/mol. The van der Waals surface area contributed by atoms with Gasteiger partial charge >= 0.3 is 0 Å². The number of aromatic nitrogens is 1. The summed E-state index contributed by atoms with van der Waals surface area (Å²) in [5, 5.41) is 0. The van der Waals surface area contributed by atoms with Crippen molar-refractivity contribution in [1.82, 2.24) is 9.88 Å². The van der Waals surface area contributed by atoms with Crippen LogP contribution in [0.25, 0.3) is 6.08 Å². The second-order valence-corrected chi connectivity index (χ2v) is 7.04. The van der Waals surface area contributed by atoms with Crippen molar-refractivity contribution in [1.29, 1.82) is 0 Å². The normalized spacial score (nSPS) is 18.1. The maximum atomic E-state index is 12.5. The van der Waals surface area contributed by atoms with Crippen LogP contribution >= 0.6 is 0 Å². The minimum Gasteiger partial charge on any atom is -0.492 e. The molecule has 0 bridgehead atoms.